The summed E-state index contributed by atoms with van der Waals surface area (Å²) in [6, 6.07) is 7.96. The van der Waals surface area contributed by atoms with Gasteiger partial charge in [-0.2, -0.15) is 5.10 Å². The Labute approximate surface area is 186 Å². The lowest BCUT2D eigenvalue weighted by molar-refractivity contribution is -0.131. The Balaban J connectivity index is 1.42. The quantitative estimate of drug-likeness (QED) is 0.615. The van der Waals surface area contributed by atoms with Crippen LogP contribution in [0.1, 0.15) is 43.0 Å². The topological polar surface area (TPSA) is 67.2 Å². The standard InChI is InChI=1S/C24H27FN6O/c1-29-16-19(20-10-11-26-24(27-20)30-12-2-3-13-30)23(28-29)21-5-4-14-31(21)22(32)15-17-6-8-18(25)9-7-17/h6-11,16,21H,2-5,12-15H2,1H3. The van der Waals surface area contributed by atoms with Gasteiger partial charge in [-0.05, 0) is 49.4 Å². The van der Waals surface area contributed by atoms with Gasteiger partial charge in [0.2, 0.25) is 11.9 Å². The van der Waals surface area contributed by atoms with Crippen molar-refractivity contribution in [2.75, 3.05) is 24.5 Å². The molecular formula is C24H27FN6O. The maximum Gasteiger partial charge on any atom is 0.227 e. The van der Waals surface area contributed by atoms with Crippen molar-refractivity contribution in [1.82, 2.24) is 24.6 Å². The molecule has 1 unspecified atom stereocenters. The van der Waals surface area contributed by atoms with E-state index in [4.69, 9.17) is 10.1 Å². The summed E-state index contributed by atoms with van der Waals surface area (Å²) in [5.41, 5.74) is 3.47. The van der Waals surface area contributed by atoms with E-state index in [0.717, 1.165) is 54.4 Å². The molecular weight excluding hydrogens is 407 g/mol. The van der Waals surface area contributed by atoms with E-state index in [9.17, 15) is 9.18 Å². The van der Waals surface area contributed by atoms with Crippen LogP contribution in [0.2, 0.25) is 0 Å². The summed E-state index contributed by atoms with van der Waals surface area (Å²) in [5.74, 6) is 0.498. The molecule has 5 rings (SSSR count). The lowest BCUT2D eigenvalue weighted by Crippen LogP contribution is -2.32. The van der Waals surface area contributed by atoms with Crippen LogP contribution in [0.3, 0.4) is 0 Å². The molecule has 8 heteroatoms. The van der Waals surface area contributed by atoms with E-state index in [2.05, 4.69) is 9.88 Å². The number of likely N-dealkylation sites (tertiary alicyclic amines) is 1. The molecule has 2 saturated heterocycles. The van der Waals surface area contributed by atoms with Crippen molar-refractivity contribution in [2.24, 2.45) is 7.05 Å². The van der Waals surface area contributed by atoms with Crippen LogP contribution in [0.5, 0.6) is 0 Å². The van der Waals surface area contributed by atoms with Gasteiger partial charge in [0.05, 0.1) is 23.9 Å². The number of benzene rings is 1. The van der Waals surface area contributed by atoms with E-state index in [1.165, 1.54) is 25.0 Å². The van der Waals surface area contributed by atoms with E-state index >= 15 is 0 Å². The van der Waals surface area contributed by atoms with Crippen molar-refractivity contribution >= 4 is 11.9 Å². The van der Waals surface area contributed by atoms with Gasteiger partial charge in [0, 0.05) is 44.6 Å². The molecule has 0 bridgehead atoms. The molecule has 1 aromatic carbocycles. The van der Waals surface area contributed by atoms with Crippen molar-refractivity contribution in [3.05, 3.63) is 59.8 Å². The molecule has 0 spiro atoms. The smallest absolute Gasteiger partial charge is 0.227 e. The van der Waals surface area contributed by atoms with Gasteiger partial charge in [-0.3, -0.25) is 9.48 Å². The van der Waals surface area contributed by atoms with E-state index in [-0.39, 0.29) is 24.2 Å². The summed E-state index contributed by atoms with van der Waals surface area (Å²) >= 11 is 0. The molecule has 166 valence electrons. The third kappa shape index (κ3) is 4.09. The second kappa shape index (κ2) is 8.68. The maximum atomic E-state index is 13.2. The van der Waals surface area contributed by atoms with Crippen LogP contribution in [0.4, 0.5) is 10.3 Å². The molecule has 0 radical (unpaired) electrons. The average molecular weight is 435 g/mol. The summed E-state index contributed by atoms with van der Waals surface area (Å²) in [5, 5.41) is 4.75. The predicted octanol–water partition coefficient (Wildman–Crippen LogP) is 3.52. The van der Waals surface area contributed by atoms with Gasteiger partial charge in [-0.15, -0.1) is 0 Å². The first-order chi connectivity index (χ1) is 15.6. The Morgan fingerprint density at radius 3 is 2.66 bits per heavy atom. The molecule has 2 aliphatic heterocycles. The zero-order valence-corrected chi connectivity index (χ0v) is 18.2. The van der Waals surface area contributed by atoms with Gasteiger partial charge < -0.3 is 9.80 Å². The highest BCUT2D eigenvalue weighted by atomic mass is 19.1. The molecule has 4 heterocycles. The summed E-state index contributed by atoms with van der Waals surface area (Å²) in [6.45, 7) is 2.67. The van der Waals surface area contributed by atoms with E-state index in [0.29, 0.717) is 6.54 Å². The van der Waals surface area contributed by atoms with Crippen molar-refractivity contribution in [3.63, 3.8) is 0 Å². The first-order valence-electron chi connectivity index (χ1n) is 11.2. The van der Waals surface area contributed by atoms with Crippen LogP contribution in [0.25, 0.3) is 11.3 Å². The Bertz CT molecular complexity index is 1110. The number of rotatable bonds is 5. The number of nitrogens with zero attached hydrogens (tertiary/aromatic N) is 6. The minimum Gasteiger partial charge on any atom is -0.341 e. The summed E-state index contributed by atoms with van der Waals surface area (Å²) in [6.07, 6.45) is 8.16. The van der Waals surface area contributed by atoms with Gasteiger partial charge in [0.15, 0.2) is 0 Å². The lowest BCUT2D eigenvalue weighted by Gasteiger charge is -2.24. The molecule has 1 amide bonds. The number of aromatic nitrogens is 4. The predicted molar refractivity (Wildman–Crippen MR) is 119 cm³/mol. The molecule has 2 fully saturated rings. The zero-order chi connectivity index (χ0) is 22.1. The highest BCUT2D eigenvalue weighted by Crippen LogP contribution is 2.37. The third-order valence-corrected chi connectivity index (χ3v) is 6.32. The van der Waals surface area contributed by atoms with Gasteiger partial charge in [-0.1, -0.05) is 12.1 Å². The fraction of sp³-hybridized carbons (Fsp3) is 0.417. The minimum absolute atomic E-state index is 0.0381. The van der Waals surface area contributed by atoms with Crippen molar-refractivity contribution in [3.8, 4) is 11.3 Å². The van der Waals surface area contributed by atoms with Crippen molar-refractivity contribution in [1.29, 1.82) is 0 Å². The van der Waals surface area contributed by atoms with Crippen LogP contribution < -0.4 is 4.90 Å². The fourth-order valence-electron chi connectivity index (χ4n) is 4.74. The SMILES string of the molecule is Cn1cc(-c2ccnc(N3CCCC3)n2)c(C2CCCN2C(=O)Cc2ccc(F)cc2)n1. The lowest BCUT2D eigenvalue weighted by atomic mass is 10.0. The van der Waals surface area contributed by atoms with Crippen LogP contribution >= 0.6 is 0 Å². The Kier molecular flexibility index (Phi) is 5.59. The van der Waals surface area contributed by atoms with Crippen molar-refractivity contribution in [2.45, 2.75) is 38.1 Å². The van der Waals surface area contributed by atoms with E-state index in [1.54, 1.807) is 23.0 Å². The first-order valence-corrected chi connectivity index (χ1v) is 11.2. The van der Waals surface area contributed by atoms with E-state index < -0.39 is 0 Å². The maximum absolute atomic E-state index is 13.2. The van der Waals surface area contributed by atoms with Gasteiger partial charge in [0.25, 0.3) is 0 Å². The Hall–Kier alpha value is -3.29. The normalized spacial score (nSPS) is 18.5. The zero-order valence-electron chi connectivity index (χ0n) is 18.2. The van der Waals surface area contributed by atoms with Crippen LogP contribution in [-0.4, -0.2) is 50.2 Å². The highest BCUT2D eigenvalue weighted by molar-refractivity contribution is 5.80. The molecule has 0 saturated carbocycles. The number of hydrogen-bond donors (Lipinski definition) is 0. The molecule has 32 heavy (non-hydrogen) atoms. The fourth-order valence-corrected chi connectivity index (χ4v) is 4.74. The van der Waals surface area contributed by atoms with Crippen molar-refractivity contribution < 1.29 is 9.18 Å². The van der Waals surface area contributed by atoms with Crippen LogP contribution in [0.15, 0.2) is 42.7 Å². The third-order valence-electron chi connectivity index (χ3n) is 6.32. The van der Waals surface area contributed by atoms with Crippen LogP contribution in [-0.2, 0) is 18.3 Å². The van der Waals surface area contributed by atoms with Crippen LogP contribution in [0, 0.1) is 5.82 Å². The number of hydrogen-bond acceptors (Lipinski definition) is 5. The molecule has 7 nitrogen and oxygen atoms in total. The number of carbonyl (C=O) groups is 1. The molecule has 0 aliphatic carbocycles. The average Bonchev–Trinajstić information content (AvgIpc) is 3.56. The summed E-state index contributed by atoms with van der Waals surface area (Å²) in [4.78, 5) is 26.6. The highest BCUT2D eigenvalue weighted by Gasteiger charge is 2.34. The largest absolute Gasteiger partial charge is 0.341 e. The number of carbonyl (C=O) groups excluding carboxylic acids is 1. The van der Waals surface area contributed by atoms with E-state index in [1.807, 2.05) is 24.2 Å². The Morgan fingerprint density at radius 1 is 1.09 bits per heavy atom. The second-order valence-corrected chi connectivity index (χ2v) is 8.59. The molecule has 2 aliphatic rings. The number of anilines is 1. The molecule has 3 aromatic rings. The van der Waals surface area contributed by atoms with Gasteiger partial charge in [-0.25, -0.2) is 14.4 Å². The molecule has 1 atom stereocenters. The Morgan fingerprint density at radius 2 is 1.88 bits per heavy atom. The molecule has 2 aromatic heterocycles. The monoisotopic (exact) mass is 434 g/mol. The summed E-state index contributed by atoms with van der Waals surface area (Å²) < 4.78 is 15.0. The number of halogens is 1. The first kappa shape index (κ1) is 20.6. The molecule has 0 N–H and O–H groups in total. The minimum atomic E-state index is -0.295. The van der Waals surface area contributed by atoms with Gasteiger partial charge >= 0.3 is 0 Å². The number of amides is 1. The van der Waals surface area contributed by atoms with Gasteiger partial charge in [0.1, 0.15) is 5.82 Å². The summed E-state index contributed by atoms with van der Waals surface area (Å²) in [7, 11) is 1.90. The second-order valence-electron chi connectivity index (χ2n) is 8.59. The number of aryl methyl sites for hydroxylation is 1.